The van der Waals surface area contributed by atoms with Crippen LogP contribution in [0.15, 0.2) is 11.6 Å². The van der Waals surface area contributed by atoms with Gasteiger partial charge in [0.1, 0.15) is 5.60 Å². The van der Waals surface area contributed by atoms with Gasteiger partial charge < -0.3 is 4.74 Å². The lowest BCUT2D eigenvalue weighted by Gasteiger charge is -2.23. The van der Waals surface area contributed by atoms with Gasteiger partial charge >= 0.3 is 5.97 Å². The van der Waals surface area contributed by atoms with Crippen LogP contribution in [0.1, 0.15) is 40.0 Å². The van der Waals surface area contributed by atoms with Crippen molar-refractivity contribution in [2.24, 2.45) is 0 Å². The van der Waals surface area contributed by atoms with Crippen molar-refractivity contribution in [3.8, 4) is 0 Å². The molecule has 0 saturated carbocycles. The van der Waals surface area contributed by atoms with E-state index in [1.807, 2.05) is 13.0 Å². The minimum absolute atomic E-state index is 0.124. The summed E-state index contributed by atoms with van der Waals surface area (Å²) < 4.78 is 5.34. The van der Waals surface area contributed by atoms with E-state index < -0.39 is 0 Å². The average Bonchev–Trinajstić information content (AvgIpc) is 2.43. The fourth-order valence-corrected chi connectivity index (χ4v) is 1.58. The molecule has 0 atom stereocenters. The molecular weight excluding hydrogens is 152 g/mol. The molecule has 0 aliphatic carbocycles. The Morgan fingerprint density at radius 3 is 2.33 bits per heavy atom. The second-order valence-electron chi connectivity index (χ2n) is 3.27. The minimum atomic E-state index is -0.196. The first-order valence-corrected chi connectivity index (χ1v) is 4.56. The molecule has 2 nitrogen and oxygen atoms in total. The van der Waals surface area contributed by atoms with E-state index in [1.54, 1.807) is 0 Å². The van der Waals surface area contributed by atoms with Crippen LogP contribution in [0, 0.1) is 0 Å². The maximum absolute atomic E-state index is 11.2. The van der Waals surface area contributed by atoms with Gasteiger partial charge in [0.25, 0.3) is 0 Å². The Morgan fingerprint density at radius 1 is 1.50 bits per heavy atom. The molecule has 0 radical (unpaired) electrons. The van der Waals surface area contributed by atoms with Crippen LogP contribution in [0.2, 0.25) is 0 Å². The van der Waals surface area contributed by atoms with Crippen molar-refractivity contribution in [2.75, 3.05) is 0 Å². The van der Waals surface area contributed by atoms with Gasteiger partial charge in [0.05, 0.1) is 0 Å². The van der Waals surface area contributed by atoms with E-state index in [4.69, 9.17) is 4.74 Å². The lowest BCUT2D eigenvalue weighted by molar-refractivity contribution is -0.146. The molecule has 1 rings (SSSR count). The van der Waals surface area contributed by atoms with Crippen LogP contribution >= 0.6 is 0 Å². The highest BCUT2D eigenvalue weighted by Crippen LogP contribution is 2.35. The summed E-state index contributed by atoms with van der Waals surface area (Å²) in [6.45, 7) is 6.02. The topological polar surface area (TPSA) is 26.3 Å². The summed E-state index contributed by atoms with van der Waals surface area (Å²) in [6.07, 6.45) is 4.46. The van der Waals surface area contributed by atoms with Crippen molar-refractivity contribution in [3.63, 3.8) is 0 Å². The SMILES string of the molecule is C/C=C1\CC(CC)(CC)OC1=O. The molecule has 1 saturated heterocycles. The predicted octanol–water partition coefficient (Wildman–Crippen LogP) is 2.44. The van der Waals surface area contributed by atoms with E-state index >= 15 is 0 Å². The highest BCUT2D eigenvalue weighted by Gasteiger charge is 2.39. The van der Waals surface area contributed by atoms with E-state index in [2.05, 4.69) is 13.8 Å². The fraction of sp³-hybridized carbons (Fsp3) is 0.700. The van der Waals surface area contributed by atoms with Gasteiger partial charge in [-0.25, -0.2) is 4.79 Å². The second-order valence-corrected chi connectivity index (χ2v) is 3.27. The molecule has 1 fully saturated rings. The molecule has 0 bridgehead atoms. The van der Waals surface area contributed by atoms with Crippen molar-refractivity contribution in [2.45, 2.75) is 45.6 Å². The quantitative estimate of drug-likeness (QED) is 0.467. The van der Waals surface area contributed by atoms with E-state index in [9.17, 15) is 4.79 Å². The van der Waals surface area contributed by atoms with Crippen molar-refractivity contribution in [3.05, 3.63) is 11.6 Å². The van der Waals surface area contributed by atoms with E-state index in [1.165, 1.54) is 0 Å². The molecule has 12 heavy (non-hydrogen) atoms. The molecule has 0 amide bonds. The fourth-order valence-electron chi connectivity index (χ4n) is 1.58. The maximum Gasteiger partial charge on any atom is 0.334 e. The number of rotatable bonds is 2. The number of allylic oxidation sites excluding steroid dienone is 1. The number of esters is 1. The van der Waals surface area contributed by atoms with Crippen molar-refractivity contribution in [1.82, 2.24) is 0 Å². The first kappa shape index (κ1) is 9.30. The van der Waals surface area contributed by atoms with Gasteiger partial charge in [-0.3, -0.25) is 0 Å². The third-order valence-electron chi connectivity index (χ3n) is 2.72. The first-order valence-electron chi connectivity index (χ1n) is 4.56. The average molecular weight is 168 g/mol. The van der Waals surface area contributed by atoms with E-state index in [0.717, 1.165) is 24.8 Å². The van der Waals surface area contributed by atoms with Crippen molar-refractivity contribution in [1.29, 1.82) is 0 Å². The summed E-state index contributed by atoms with van der Waals surface area (Å²) in [5.74, 6) is -0.124. The molecule has 0 aromatic heterocycles. The zero-order chi connectivity index (χ0) is 9.19. The Morgan fingerprint density at radius 2 is 2.08 bits per heavy atom. The predicted molar refractivity (Wildman–Crippen MR) is 47.8 cm³/mol. The lowest BCUT2D eigenvalue weighted by atomic mass is 9.92. The highest BCUT2D eigenvalue weighted by atomic mass is 16.6. The Balaban J connectivity index is 2.82. The summed E-state index contributed by atoms with van der Waals surface area (Å²) in [5.41, 5.74) is 0.637. The first-order chi connectivity index (χ1) is 5.67. The van der Waals surface area contributed by atoms with Gasteiger partial charge in [0, 0.05) is 12.0 Å². The third kappa shape index (κ3) is 1.38. The number of hydrogen-bond acceptors (Lipinski definition) is 2. The third-order valence-corrected chi connectivity index (χ3v) is 2.72. The number of hydrogen-bond donors (Lipinski definition) is 0. The van der Waals surface area contributed by atoms with Crippen LogP contribution in [-0.2, 0) is 9.53 Å². The Bertz CT molecular complexity index is 212. The van der Waals surface area contributed by atoms with Gasteiger partial charge in [-0.2, -0.15) is 0 Å². The molecular formula is C10H16O2. The second kappa shape index (κ2) is 3.30. The van der Waals surface area contributed by atoms with Crippen LogP contribution < -0.4 is 0 Å². The number of carbonyl (C=O) groups is 1. The van der Waals surface area contributed by atoms with Crippen LogP contribution in [0.25, 0.3) is 0 Å². The number of cyclic esters (lactones) is 1. The standard InChI is InChI=1S/C10H16O2/c1-4-8-7-10(5-2,6-3)12-9(8)11/h4H,5-7H2,1-3H3/b8-4+. The normalized spacial score (nSPS) is 24.6. The smallest absolute Gasteiger partial charge is 0.334 e. The van der Waals surface area contributed by atoms with Crippen molar-refractivity contribution >= 4 is 5.97 Å². The van der Waals surface area contributed by atoms with Gasteiger partial charge in [-0.15, -0.1) is 0 Å². The van der Waals surface area contributed by atoms with Crippen LogP contribution in [0.3, 0.4) is 0 Å². The molecule has 0 N–H and O–H groups in total. The van der Waals surface area contributed by atoms with Gasteiger partial charge in [0.15, 0.2) is 0 Å². The highest BCUT2D eigenvalue weighted by molar-refractivity contribution is 5.91. The largest absolute Gasteiger partial charge is 0.455 e. The van der Waals surface area contributed by atoms with Crippen LogP contribution in [0.4, 0.5) is 0 Å². The summed E-state index contributed by atoms with van der Waals surface area (Å²) in [6, 6.07) is 0. The van der Waals surface area contributed by atoms with Crippen LogP contribution in [0.5, 0.6) is 0 Å². The van der Waals surface area contributed by atoms with E-state index in [-0.39, 0.29) is 11.6 Å². The van der Waals surface area contributed by atoms with Crippen LogP contribution in [-0.4, -0.2) is 11.6 Å². The lowest BCUT2D eigenvalue weighted by Crippen LogP contribution is -2.25. The molecule has 1 heterocycles. The molecule has 68 valence electrons. The molecule has 2 heteroatoms. The van der Waals surface area contributed by atoms with Crippen molar-refractivity contribution < 1.29 is 9.53 Å². The van der Waals surface area contributed by atoms with Gasteiger partial charge in [-0.05, 0) is 19.8 Å². The summed E-state index contributed by atoms with van der Waals surface area (Å²) in [7, 11) is 0. The molecule has 0 unspecified atom stereocenters. The zero-order valence-corrected chi connectivity index (χ0v) is 8.02. The Labute approximate surface area is 73.6 Å². The Hall–Kier alpha value is -0.790. The molecule has 0 aromatic carbocycles. The zero-order valence-electron chi connectivity index (χ0n) is 8.02. The maximum atomic E-state index is 11.2. The summed E-state index contributed by atoms with van der Waals surface area (Å²) in [5, 5.41) is 0. The summed E-state index contributed by atoms with van der Waals surface area (Å²) >= 11 is 0. The Kier molecular flexibility index (Phi) is 2.55. The van der Waals surface area contributed by atoms with Gasteiger partial charge in [0.2, 0.25) is 0 Å². The number of carbonyl (C=O) groups excluding carboxylic acids is 1. The van der Waals surface area contributed by atoms with Gasteiger partial charge in [-0.1, -0.05) is 19.9 Å². The molecule has 1 aliphatic rings. The molecule has 0 aromatic rings. The summed E-state index contributed by atoms with van der Waals surface area (Å²) in [4.78, 5) is 11.2. The molecule has 1 aliphatic heterocycles. The number of ether oxygens (including phenoxy) is 1. The monoisotopic (exact) mass is 168 g/mol. The molecule has 0 spiro atoms. The van der Waals surface area contributed by atoms with E-state index in [0.29, 0.717) is 0 Å². The minimum Gasteiger partial charge on any atom is -0.455 e.